The molecular formula is C78H96O6P2. The van der Waals surface area contributed by atoms with Crippen LogP contribution in [0, 0.1) is 156 Å². The largest absolute Gasteiger partial charge is 0.548 e. The first-order valence-electron chi connectivity index (χ1n) is 31.4. The third-order valence-electron chi connectivity index (χ3n) is 13.6. The molecule has 0 spiro atoms. The summed E-state index contributed by atoms with van der Waals surface area (Å²) in [5, 5.41) is 0. The Hall–Kier alpha value is -6.86. The van der Waals surface area contributed by atoms with E-state index in [1.54, 1.807) is 13.8 Å². The molecule has 2 aromatic rings. The van der Waals surface area contributed by atoms with Crippen molar-refractivity contribution in [2.24, 2.45) is 0 Å². The molecule has 0 radical (unpaired) electrons. The van der Waals surface area contributed by atoms with Crippen LogP contribution in [0.3, 0.4) is 0 Å². The molecule has 0 aliphatic carbocycles. The zero-order valence-corrected chi connectivity index (χ0v) is 56.4. The van der Waals surface area contributed by atoms with Crippen molar-refractivity contribution in [2.75, 3.05) is 13.2 Å². The van der Waals surface area contributed by atoms with E-state index < -0.39 is 17.2 Å². The third kappa shape index (κ3) is 35.6. The minimum absolute atomic E-state index is 0.0686. The van der Waals surface area contributed by atoms with Gasteiger partial charge in [0, 0.05) is 76.2 Å². The van der Waals surface area contributed by atoms with E-state index in [0.29, 0.717) is 19.0 Å². The van der Waals surface area contributed by atoms with E-state index in [2.05, 4.69) is 243 Å². The Labute approximate surface area is 527 Å². The van der Waals surface area contributed by atoms with Gasteiger partial charge in [-0.25, -0.2) is 0 Å². The maximum Gasteiger partial charge on any atom is 0.548 e. The van der Waals surface area contributed by atoms with Crippen LogP contribution in [0.2, 0.25) is 0 Å². The van der Waals surface area contributed by atoms with Crippen molar-refractivity contribution in [3.63, 3.8) is 0 Å². The first-order chi connectivity index (χ1) is 41.7. The summed E-state index contributed by atoms with van der Waals surface area (Å²) in [6, 6.07) is 8.96. The predicted octanol–water partition coefficient (Wildman–Crippen LogP) is 19.7. The Morgan fingerprint density at radius 1 is 0.360 bits per heavy atom. The van der Waals surface area contributed by atoms with Crippen LogP contribution < -0.4 is 9.05 Å². The lowest BCUT2D eigenvalue weighted by atomic mass is 9.76. The smallest absolute Gasteiger partial charge is 0.426 e. The molecule has 1 atom stereocenters. The van der Waals surface area contributed by atoms with Gasteiger partial charge in [0.15, 0.2) is 0 Å². The highest BCUT2D eigenvalue weighted by atomic mass is 31.2. The summed E-state index contributed by atoms with van der Waals surface area (Å²) in [6.07, 6.45) is 35.3. The molecule has 0 amide bonds. The minimum Gasteiger partial charge on any atom is -0.426 e. The first-order valence-corrected chi connectivity index (χ1v) is 33.6. The fourth-order valence-corrected chi connectivity index (χ4v) is 10.9. The highest BCUT2D eigenvalue weighted by Crippen LogP contribution is 2.49. The number of hydrogen-bond acceptors (Lipinski definition) is 6. The maximum atomic E-state index is 6.96. The molecule has 454 valence electrons. The van der Waals surface area contributed by atoms with Crippen molar-refractivity contribution in [2.45, 2.75) is 261 Å². The Morgan fingerprint density at radius 3 is 0.953 bits per heavy atom. The molecule has 0 heterocycles. The SMILES string of the molecule is CC#CC#CC#CC#CC#CC#COP(OC#CC#CC#CC#CC#CC#CC)Oc1cc(C)c(C(CCC)c2cc(C(C)(C)C)c(OP(OCCCCCCCCCCCCC)OCCCCCCCCCCCCC)cc2C)cc1C(C)(C)C. The van der Waals surface area contributed by atoms with E-state index in [-0.39, 0.29) is 16.7 Å². The lowest BCUT2D eigenvalue weighted by molar-refractivity contribution is 0.197. The first kappa shape index (κ1) is 75.2. The summed E-state index contributed by atoms with van der Waals surface area (Å²) in [6.45, 7) is 29.1. The molecule has 2 rings (SSSR count). The molecular weight excluding hydrogens is 1090 g/mol. The summed E-state index contributed by atoms with van der Waals surface area (Å²) >= 11 is 0. The van der Waals surface area contributed by atoms with E-state index in [4.69, 9.17) is 27.1 Å². The monoisotopic (exact) mass is 1190 g/mol. The van der Waals surface area contributed by atoms with Gasteiger partial charge < -0.3 is 27.1 Å². The van der Waals surface area contributed by atoms with E-state index in [1.807, 2.05) is 0 Å². The van der Waals surface area contributed by atoms with Crippen LogP contribution in [-0.2, 0) is 28.9 Å². The van der Waals surface area contributed by atoms with Gasteiger partial charge in [-0.05, 0) is 151 Å². The quantitative estimate of drug-likeness (QED) is 0.0385. The van der Waals surface area contributed by atoms with Crippen molar-refractivity contribution in [1.29, 1.82) is 0 Å². The molecule has 0 saturated heterocycles. The molecule has 0 fully saturated rings. The van der Waals surface area contributed by atoms with Gasteiger partial charge in [-0.2, -0.15) is 0 Å². The van der Waals surface area contributed by atoms with Crippen molar-refractivity contribution in [1.82, 2.24) is 0 Å². The van der Waals surface area contributed by atoms with Crippen LogP contribution in [0.25, 0.3) is 0 Å². The number of hydrogen-bond donors (Lipinski definition) is 0. The van der Waals surface area contributed by atoms with Gasteiger partial charge in [0.2, 0.25) is 0 Å². The maximum absolute atomic E-state index is 6.96. The van der Waals surface area contributed by atoms with E-state index in [0.717, 1.165) is 66.5 Å². The lowest BCUT2D eigenvalue weighted by Crippen LogP contribution is -2.17. The zero-order valence-electron chi connectivity index (χ0n) is 54.6. The van der Waals surface area contributed by atoms with Crippen LogP contribution in [0.5, 0.6) is 11.5 Å². The number of unbranched alkanes of at least 4 members (excludes halogenated alkanes) is 20. The molecule has 0 saturated carbocycles. The summed E-state index contributed by atoms with van der Waals surface area (Å²) in [5.41, 5.74) is 6.17. The standard InChI is InChI=1S/C78H96O6P2/c1-14-19-23-27-31-35-39-43-47-51-55-60-79-85(80-61-56-52-48-44-40-36-32-28-24-20-15-2)83-75-64-68(6)71(66-73(75)77(8,9)10)70(59-18-5)72-67-74(78(11,12)13)76(65-69(72)7)84-86(81-62-57-53-49-45-41-37-33-29-25-21-16-3)82-63-58-54-50-46-42-38-34-30-26-22-17-4/h64-67,70H,14-15,18-20,23-24,27-28,31-32,35-36,39-40,43-44,47-48,51-52,55-56,59-61H2,1-13H3. The van der Waals surface area contributed by atoms with Gasteiger partial charge in [-0.1, -0.05) is 221 Å². The van der Waals surface area contributed by atoms with Crippen molar-refractivity contribution in [3.05, 3.63) is 57.6 Å². The lowest BCUT2D eigenvalue weighted by Gasteiger charge is -2.30. The van der Waals surface area contributed by atoms with Crippen molar-refractivity contribution >= 4 is 17.2 Å². The number of rotatable bonds is 36. The zero-order chi connectivity index (χ0) is 62.8. The van der Waals surface area contributed by atoms with Crippen LogP contribution in [0.4, 0.5) is 0 Å². The van der Waals surface area contributed by atoms with Gasteiger partial charge in [0.25, 0.3) is 0 Å². The molecule has 6 nitrogen and oxygen atoms in total. The van der Waals surface area contributed by atoms with Gasteiger partial charge in [-0.15, -0.1) is 0 Å². The molecule has 0 N–H and O–H groups in total. The molecule has 0 aliphatic heterocycles. The fraction of sp³-hybridized carbons (Fsp3) is 0.538. The Morgan fingerprint density at radius 2 is 0.651 bits per heavy atom. The third-order valence-corrected chi connectivity index (χ3v) is 15.6. The molecule has 0 aliphatic rings. The topological polar surface area (TPSA) is 55.4 Å². The second kappa shape index (κ2) is 48.3. The van der Waals surface area contributed by atoms with Crippen molar-refractivity contribution < 1.29 is 27.1 Å². The molecule has 0 bridgehead atoms. The predicted molar refractivity (Wildman–Crippen MR) is 363 cm³/mol. The normalized spacial score (nSPS) is 10.3. The van der Waals surface area contributed by atoms with Crippen molar-refractivity contribution in [3.8, 4) is 154 Å². The fourth-order valence-electron chi connectivity index (χ4n) is 9.15. The Kier molecular flexibility index (Phi) is 42.2. The molecule has 2 aromatic carbocycles. The van der Waals surface area contributed by atoms with Gasteiger partial charge in [0.05, 0.1) is 13.2 Å². The number of aryl methyl sites for hydroxylation is 2. The average Bonchev–Trinajstić information content (AvgIpc) is 1.23. The summed E-state index contributed by atoms with van der Waals surface area (Å²) in [7, 11) is -3.82. The Bertz CT molecular complexity index is 3030. The van der Waals surface area contributed by atoms with Crippen LogP contribution >= 0.6 is 17.2 Å². The molecule has 0 aromatic heterocycles. The summed E-state index contributed by atoms with van der Waals surface area (Å²) < 4.78 is 38.4. The average molecular weight is 1190 g/mol. The van der Waals surface area contributed by atoms with E-state index >= 15 is 0 Å². The van der Waals surface area contributed by atoms with Crippen LogP contribution in [0.1, 0.15) is 270 Å². The number of benzene rings is 2. The molecule has 8 heteroatoms. The second-order valence-corrected chi connectivity index (χ2v) is 25.1. The summed E-state index contributed by atoms with van der Waals surface area (Å²) in [5.74, 6) is 59.2. The molecule has 1 unspecified atom stereocenters. The van der Waals surface area contributed by atoms with Gasteiger partial charge in [0.1, 0.15) is 23.7 Å². The van der Waals surface area contributed by atoms with Crippen LogP contribution in [0.15, 0.2) is 24.3 Å². The minimum atomic E-state index is -2.21. The second-order valence-electron chi connectivity index (χ2n) is 23.0. The van der Waals surface area contributed by atoms with Gasteiger partial charge >= 0.3 is 17.2 Å². The Balaban J connectivity index is 2.54. The van der Waals surface area contributed by atoms with Gasteiger partial charge in [-0.3, -0.25) is 0 Å². The van der Waals surface area contributed by atoms with E-state index in [1.165, 1.54) is 127 Å². The molecule has 86 heavy (non-hydrogen) atoms. The highest BCUT2D eigenvalue weighted by Gasteiger charge is 2.31. The van der Waals surface area contributed by atoms with Crippen LogP contribution in [-0.4, -0.2) is 13.2 Å². The summed E-state index contributed by atoms with van der Waals surface area (Å²) in [4.78, 5) is 0. The van der Waals surface area contributed by atoms with E-state index in [9.17, 15) is 0 Å². The highest BCUT2D eigenvalue weighted by molar-refractivity contribution is 7.42.